The van der Waals surface area contributed by atoms with Crippen LogP contribution in [-0.4, -0.2) is 12.5 Å². The highest BCUT2D eigenvalue weighted by molar-refractivity contribution is 6.31. The number of nitrogens with one attached hydrogen (secondary N) is 1. The lowest BCUT2D eigenvalue weighted by molar-refractivity contribution is -0.119. The summed E-state index contributed by atoms with van der Waals surface area (Å²) in [5, 5.41) is 3.39. The largest absolute Gasteiger partial charge is 0.326 e. The van der Waals surface area contributed by atoms with E-state index in [0.29, 0.717) is 16.3 Å². The van der Waals surface area contributed by atoms with Gasteiger partial charge in [0.25, 0.3) is 0 Å². The van der Waals surface area contributed by atoms with E-state index < -0.39 is 0 Å². The summed E-state index contributed by atoms with van der Waals surface area (Å²) in [6.07, 6.45) is 0.805. The van der Waals surface area contributed by atoms with Crippen molar-refractivity contribution in [3.63, 3.8) is 0 Å². The summed E-state index contributed by atoms with van der Waals surface area (Å²) in [5.41, 5.74) is 6.69. The van der Waals surface area contributed by atoms with Gasteiger partial charge in [-0.15, -0.1) is 0 Å². The first-order chi connectivity index (χ1) is 8.58. The SMILES string of the molecule is CCC(C)C(=O)Nc1ccc(Cl)c(C#CCN)c1. The summed E-state index contributed by atoms with van der Waals surface area (Å²) in [7, 11) is 0. The second kappa shape index (κ2) is 7.05. The van der Waals surface area contributed by atoms with Crippen molar-refractivity contribution in [2.24, 2.45) is 11.7 Å². The topological polar surface area (TPSA) is 55.1 Å². The molecule has 0 radical (unpaired) electrons. The molecule has 0 bridgehead atoms. The number of rotatable bonds is 3. The Balaban J connectivity index is 2.88. The van der Waals surface area contributed by atoms with Gasteiger partial charge < -0.3 is 11.1 Å². The molecule has 96 valence electrons. The first-order valence-corrected chi connectivity index (χ1v) is 6.25. The van der Waals surface area contributed by atoms with Gasteiger partial charge in [0, 0.05) is 17.2 Å². The Morgan fingerprint density at radius 1 is 1.56 bits per heavy atom. The molecular formula is C14H17ClN2O. The van der Waals surface area contributed by atoms with Gasteiger partial charge in [-0.25, -0.2) is 0 Å². The molecule has 3 nitrogen and oxygen atoms in total. The molecule has 1 unspecified atom stereocenters. The van der Waals surface area contributed by atoms with E-state index in [9.17, 15) is 4.79 Å². The van der Waals surface area contributed by atoms with Crippen molar-refractivity contribution in [2.75, 3.05) is 11.9 Å². The molecular weight excluding hydrogens is 248 g/mol. The highest BCUT2D eigenvalue weighted by Crippen LogP contribution is 2.20. The van der Waals surface area contributed by atoms with Crippen LogP contribution in [0.25, 0.3) is 0 Å². The first kappa shape index (κ1) is 14.6. The normalized spacial score (nSPS) is 11.3. The molecule has 1 aromatic rings. The minimum absolute atomic E-state index is 0.00226. The number of amides is 1. The summed E-state index contributed by atoms with van der Waals surface area (Å²) in [5.74, 6) is 5.59. The van der Waals surface area contributed by atoms with Gasteiger partial charge >= 0.3 is 0 Å². The van der Waals surface area contributed by atoms with Crippen LogP contribution in [0.1, 0.15) is 25.8 Å². The van der Waals surface area contributed by atoms with Crippen molar-refractivity contribution in [1.29, 1.82) is 0 Å². The van der Waals surface area contributed by atoms with E-state index in [0.717, 1.165) is 6.42 Å². The van der Waals surface area contributed by atoms with E-state index in [4.69, 9.17) is 17.3 Å². The van der Waals surface area contributed by atoms with Crippen LogP contribution >= 0.6 is 11.6 Å². The molecule has 0 aromatic heterocycles. The summed E-state index contributed by atoms with van der Waals surface area (Å²) in [6.45, 7) is 4.14. The standard InChI is InChI=1S/C14H17ClN2O/c1-3-10(2)14(18)17-12-6-7-13(15)11(9-12)5-4-8-16/h6-7,9-10H,3,8,16H2,1-2H3,(H,17,18). The lowest BCUT2D eigenvalue weighted by atomic mass is 10.1. The van der Waals surface area contributed by atoms with Crippen molar-refractivity contribution < 1.29 is 4.79 Å². The number of hydrogen-bond donors (Lipinski definition) is 2. The summed E-state index contributed by atoms with van der Waals surface area (Å²) in [4.78, 5) is 11.8. The van der Waals surface area contributed by atoms with Gasteiger partial charge in [0.15, 0.2) is 0 Å². The smallest absolute Gasteiger partial charge is 0.227 e. The van der Waals surface area contributed by atoms with Crippen molar-refractivity contribution >= 4 is 23.2 Å². The monoisotopic (exact) mass is 264 g/mol. The van der Waals surface area contributed by atoms with Crippen molar-refractivity contribution in [3.05, 3.63) is 28.8 Å². The Bertz CT molecular complexity index is 488. The predicted octanol–water partition coefficient (Wildman–Crippen LogP) is 2.63. The van der Waals surface area contributed by atoms with Crippen LogP contribution in [0.2, 0.25) is 5.02 Å². The minimum Gasteiger partial charge on any atom is -0.326 e. The van der Waals surface area contributed by atoms with Gasteiger partial charge in [-0.2, -0.15) is 0 Å². The third-order valence-corrected chi connectivity index (χ3v) is 2.95. The van der Waals surface area contributed by atoms with Crippen LogP contribution in [0.3, 0.4) is 0 Å². The molecule has 1 amide bonds. The summed E-state index contributed by atoms with van der Waals surface area (Å²) >= 11 is 6.00. The van der Waals surface area contributed by atoms with E-state index in [1.54, 1.807) is 18.2 Å². The van der Waals surface area contributed by atoms with Crippen molar-refractivity contribution in [3.8, 4) is 11.8 Å². The molecule has 1 rings (SSSR count). The number of benzene rings is 1. The third-order valence-electron chi connectivity index (χ3n) is 2.62. The van der Waals surface area contributed by atoms with E-state index >= 15 is 0 Å². The molecule has 0 aliphatic heterocycles. The van der Waals surface area contributed by atoms with Crippen molar-refractivity contribution in [2.45, 2.75) is 20.3 Å². The fraction of sp³-hybridized carbons (Fsp3) is 0.357. The number of carbonyl (C=O) groups excluding carboxylic acids is 1. The molecule has 0 aliphatic carbocycles. The maximum atomic E-state index is 11.8. The Hall–Kier alpha value is -1.50. The number of halogens is 1. The average Bonchev–Trinajstić information content (AvgIpc) is 2.38. The Labute approximate surface area is 113 Å². The maximum absolute atomic E-state index is 11.8. The molecule has 1 atom stereocenters. The molecule has 3 N–H and O–H groups in total. The second-order valence-corrected chi connectivity index (χ2v) is 4.41. The Morgan fingerprint density at radius 3 is 2.89 bits per heavy atom. The number of carbonyl (C=O) groups is 1. The van der Waals surface area contributed by atoms with Crippen LogP contribution in [0.15, 0.2) is 18.2 Å². The molecule has 0 saturated carbocycles. The zero-order valence-corrected chi connectivity index (χ0v) is 11.3. The van der Waals surface area contributed by atoms with Crippen LogP contribution in [0.5, 0.6) is 0 Å². The van der Waals surface area contributed by atoms with E-state index in [2.05, 4.69) is 17.2 Å². The average molecular weight is 265 g/mol. The molecule has 18 heavy (non-hydrogen) atoms. The van der Waals surface area contributed by atoms with Crippen LogP contribution < -0.4 is 11.1 Å². The highest BCUT2D eigenvalue weighted by Gasteiger charge is 2.10. The van der Waals surface area contributed by atoms with Crippen molar-refractivity contribution in [1.82, 2.24) is 0 Å². The minimum atomic E-state index is -0.0146. The highest BCUT2D eigenvalue weighted by atomic mass is 35.5. The molecule has 4 heteroatoms. The van der Waals surface area contributed by atoms with Crippen LogP contribution in [0, 0.1) is 17.8 Å². The zero-order chi connectivity index (χ0) is 13.5. The molecule has 0 saturated heterocycles. The second-order valence-electron chi connectivity index (χ2n) is 4.00. The van der Waals surface area contributed by atoms with Crippen LogP contribution in [0.4, 0.5) is 5.69 Å². The lowest BCUT2D eigenvalue weighted by Gasteiger charge is -2.10. The number of nitrogens with two attached hydrogens (primary N) is 1. The lowest BCUT2D eigenvalue weighted by Crippen LogP contribution is -2.19. The Kier molecular flexibility index (Phi) is 5.70. The predicted molar refractivity (Wildman–Crippen MR) is 75.5 cm³/mol. The molecule has 0 spiro atoms. The summed E-state index contributed by atoms with van der Waals surface area (Å²) in [6, 6.07) is 5.23. The zero-order valence-electron chi connectivity index (χ0n) is 10.6. The van der Waals surface area contributed by atoms with Gasteiger partial charge in [0.2, 0.25) is 5.91 Å². The molecule has 0 heterocycles. The quantitative estimate of drug-likeness (QED) is 0.825. The molecule has 1 aromatic carbocycles. The van der Waals surface area contributed by atoms with Gasteiger partial charge in [-0.05, 0) is 24.6 Å². The fourth-order valence-corrected chi connectivity index (χ4v) is 1.46. The molecule has 0 aliphatic rings. The number of anilines is 1. The fourth-order valence-electron chi connectivity index (χ4n) is 1.30. The van der Waals surface area contributed by atoms with Gasteiger partial charge in [0.1, 0.15) is 0 Å². The van der Waals surface area contributed by atoms with Gasteiger partial charge in [-0.1, -0.05) is 37.3 Å². The van der Waals surface area contributed by atoms with E-state index in [-0.39, 0.29) is 18.4 Å². The third kappa shape index (κ3) is 4.06. The van der Waals surface area contributed by atoms with E-state index in [1.165, 1.54) is 0 Å². The van der Waals surface area contributed by atoms with Gasteiger partial charge in [0.05, 0.1) is 11.6 Å². The van der Waals surface area contributed by atoms with E-state index in [1.807, 2.05) is 13.8 Å². The molecule has 0 fully saturated rings. The number of hydrogen-bond acceptors (Lipinski definition) is 2. The Morgan fingerprint density at radius 2 is 2.28 bits per heavy atom. The van der Waals surface area contributed by atoms with Crippen LogP contribution in [-0.2, 0) is 4.79 Å². The van der Waals surface area contributed by atoms with Gasteiger partial charge in [-0.3, -0.25) is 4.79 Å². The first-order valence-electron chi connectivity index (χ1n) is 5.87. The maximum Gasteiger partial charge on any atom is 0.227 e. The summed E-state index contributed by atoms with van der Waals surface area (Å²) < 4.78 is 0.